The first kappa shape index (κ1) is 31.6. The van der Waals surface area contributed by atoms with Crippen molar-refractivity contribution in [1.82, 2.24) is 9.66 Å². The molecule has 0 fully saturated rings. The number of ether oxygens (including phenoxy) is 1. The number of hydrogen-bond acceptors (Lipinski definition) is 4. The number of nitrogens with zero attached hydrogens (tertiary/aromatic N) is 3. The number of aromatic nitrogens is 2. The number of carbonyl (C=O) groups is 2. The van der Waals surface area contributed by atoms with Crippen molar-refractivity contribution in [2.24, 2.45) is 0 Å². The molecule has 1 heterocycles. The van der Waals surface area contributed by atoms with Crippen LogP contribution in [-0.2, 0) is 11.2 Å². The summed E-state index contributed by atoms with van der Waals surface area (Å²) in [5, 5.41) is 3.34. The van der Waals surface area contributed by atoms with Gasteiger partial charge in [-0.3, -0.25) is 9.59 Å². The predicted octanol–water partition coefficient (Wildman–Crippen LogP) is 8.42. The first-order chi connectivity index (χ1) is 22.6. The molecule has 1 aliphatic carbocycles. The Morgan fingerprint density at radius 2 is 1.62 bits per heavy atom. The number of hydrogen-bond donors (Lipinski definition) is 1. The van der Waals surface area contributed by atoms with Gasteiger partial charge in [0.1, 0.15) is 23.9 Å². The summed E-state index contributed by atoms with van der Waals surface area (Å²) in [7, 11) is 0. The number of rotatable bonds is 10. The average molecular weight is 639 g/mol. The number of imidazole rings is 1. The van der Waals surface area contributed by atoms with Crippen LogP contribution in [0.2, 0.25) is 0 Å². The van der Waals surface area contributed by atoms with Gasteiger partial charge in [-0.05, 0) is 71.8 Å². The molecule has 0 bridgehead atoms. The Labute approximate surface area is 270 Å². The van der Waals surface area contributed by atoms with Crippen molar-refractivity contribution in [2.75, 3.05) is 16.9 Å². The highest BCUT2D eigenvalue weighted by atomic mass is 19.4. The topological polar surface area (TPSA) is 76.5 Å². The van der Waals surface area contributed by atoms with Crippen LogP contribution in [0, 0.1) is 6.92 Å². The Balaban J connectivity index is 1.34. The highest BCUT2D eigenvalue weighted by Gasteiger charge is 2.42. The first-order valence-electron chi connectivity index (χ1n) is 15.4. The van der Waals surface area contributed by atoms with E-state index in [-0.39, 0.29) is 17.2 Å². The number of fused-ring (bicyclic) bond motifs is 3. The summed E-state index contributed by atoms with van der Waals surface area (Å²) in [4.78, 5) is 32.2. The summed E-state index contributed by atoms with van der Waals surface area (Å²) in [6, 6.07) is 28.7. The summed E-state index contributed by atoms with van der Waals surface area (Å²) in [6.45, 7) is 2.01. The lowest BCUT2D eigenvalue weighted by Crippen LogP contribution is -2.48. The molecule has 10 heteroatoms. The zero-order valence-corrected chi connectivity index (χ0v) is 25.9. The van der Waals surface area contributed by atoms with Gasteiger partial charge in [-0.1, -0.05) is 86.1 Å². The minimum atomic E-state index is -4.72. The molecule has 0 saturated carbocycles. The van der Waals surface area contributed by atoms with E-state index in [9.17, 15) is 22.8 Å². The van der Waals surface area contributed by atoms with Crippen molar-refractivity contribution in [3.63, 3.8) is 0 Å². The second-order valence-electron chi connectivity index (χ2n) is 11.4. The molecular weight excluding hydrogens is 605 g/mol. The van der Waals surface area contributed by atoms with E-state index in [2.05, 4.69) is 17.2 Å². The minimum absolute atomic E-state index is 0.0159. The molecule has 1 atom stereocenters. The van der Waals surface area contributed by atoms with Crippen molar-refractivity contribution in [3.8, 4) is 22.6 Å². The zero-order chi connectivity index (χ0) is 33.1. The monoisotopic (exact) mass is 638 g/mol. The number of alkyl halides is 3. The lowest BCUT2D eigenvalue weighted by molar-refractivity contribution is -0.136. The SMILES string of the molecule is CCCCc1cccc2c1C(C(=O)N(CC(F)(F)F)n1cc(NC(=O)c3ccccc3Oc3ccccc3)nc1C)c1ccccc1-2. The van der Waals surface area contributed by atoms with Gasteiger partial charge < -0.3 is 10.1 Å². The quantitative estimate of drug-likeness (QED) is 0.167. The van der Waals surface area contributed by atoms with Crippen LogP contribution in [0.3, 0.4) is 0 Å². The third kappa shape index (κ3) is 6.63. The van der Waals surface area contributed by atoms with E-state index < -0.39 is 30.5 Å². The molecule has 0 saturated heterocycles. The third-order valence-corrected chi connectivity index (χ3v) is 8.14. The summed E-state index contributed by atoms with van der Waals surface area (Å²) in [5.74, 6) is -1.36. The summed E-state index contributed by atoms with van der Waals surface area (Å²) < 4.78 is 49.5. The molecule has 47 heavy (non-hydrogen) atoms. The van der Waals surface area contributed by atoms with Crippen LogP contribution in [0.5, 0.6) is 11.5 Å². The number of anilines is 1. The molecule has 6 rings (SSSR count). The Hall–Kier alpha value is -5.38. The Morgan fingerprint density at radius 3 is 2.38 bits per heavy atom. The van der Waals surface area contributed by atoms with Crippen molar-refractivity contribution < 1.29 is 27.5 Å². The van der Waals surface area contributed by atoms with Gasteiger partial charge in [-0.25, -0.2) is 14.7 Å². The zero-order valence-electron chi connectivity index (χ0n) is 25.9. The Morgan fingerprint density at radius 1 is 0.915 bits per heavy atom. The van der Waals surface area contributed by atoms with Crippen LogP contribution in [0.1, 0.15) is 58.6 Å². The summed E-state index contributed by atoms with van der Waals surface area (Å²) in [6.07, 6.45) is -0.967. The van der Waals surface area contributed by atoms with Gasteiger partial charge >= 0.3 is 6.18 Å². The molecule has 1 unspecified atom stereocenters. The maximum absolute atomic E-state index is 14.5. The molecule has 1 aliphatic rings. The summed E-state index contributed by atoms with van der Waals surface area (Å²) in [5.41, 5.74) is 4.22. The number of nitrogens with one attached hydrogen (secondary N) is 1. The number of benzene rings is 4. The average Bonchev–Trinajstić information content (AvgIpc) is 3.59. The fourth-order valence-corrected chi connectivity index (χ4v) is 6.07. The van der Waals surface area contributed by atoms with Gasteiger partial charge in [-0.2, -0.15) is 13.2 Å². The Bertz CT molecular complexity index is 1920. The predicted molar refractivity (Wildman–Crippen MR) is 174 cm³/mol. The van der Waals surface area contributed by atoms with Crippen LogP contribution in [-0.4, -0.2) is 34.2 Å². The van der Waals surface area contributed by atoms with Crippen LogP contribution < -0.4 is 15.1 Å². The number of amides is 2. The number of halogens is 3. The van der Waals surface area contributed by atoms with E-state index in [1.807, 2.05) is 36.4 Å². The van der Waals surface area contributed by atoms with Crippen LogP contribution in [0.15, 0.2) is 103 Å². The molecule has 0 spiro atoms. The molecule has 1 aromatic heterocycles. The maximum atomic E-state index is 14.5. The molecule has 2 amide bonds. The van der Waals surface area contributed by atoms with Crippen LogP contribution in [0.4, 0.5) is 19.0 Å². The van der Waals surface area contributed by atoms with E-state index in [0.717, 1.165) is 39.8 Å². The van der Waals surface area contributed by atoms with Gasteiger partial charge in [0.15, 0.2) is 5.82 Å². The lowest BCUT2D eigenvalue weighted by Gasteiger charge is -2.29. The molecule has 4 aromatic carbocycles. The van der Waals surface area contributed by atoms with E-state index >= 15 is 0 Å². The smallest absolute Gasteiger partial charge is 0.408 e. The Kier molecular flexibility index (Phi) is 8.84. The molecule has 0 aliphatic heterocycles. The second-order valence-corrected chi connectivity index (χ2v) is 11.4. The molecule has 0 radical (unpaired) electrons. The fourth-order valence-electron chi connectivity index (χ4n) is 6.07. The number of unbranched alkanes of at least 4 members (excludes halogenated alkanes) is 1. The molecule has 7 nitrogen and oxygen atoms in total. The third-order valence-electron chi connectivity index (χ3n) is 8.14. The highest BCUT2D eigenvalue weighted by Crippen LogP contribution is 2.47. The van der Waals surface area contributed by atoms with Gasteiger partial charge in [0.2, 0.25) is 0 Å². The first-order valence-corrected chi connectivity index (χ1v) is 15.4. The standard InChI is InChI=1S/C37H33F3N4O3/c1-3-4-13-25-14-12-20-28-27-17-8-9-18-29(27)34(33(25)28)36(46)44(23-37(38,39)40)43-22-32(41-24(43)2)42-35(45)30-19-10-11-21-31(30)47-26-15-6-5-7-16-26/h5-12,14-22,34H,3-4,13,23H2,1-2H3,(H,42,45). The van der Waals surface area contributed by atoms with Crippen molar-refractivity contribution >= 4 is 17.6 Å². The fraction of sp³-hybridized carbons (Fsp3) is 0.216. The molecular formula is C37H33F3N4O3. The van der Waals surface area contributed by atoms with E-state index in [0.29, 0.717) is 28.5 Å². The van der Waals surface area contributed by atoms with Crippen LogP contribution >= 0.6 is 0 Å². The number of carbonyl (C=O) groups excluding carboxylic acids is 2. The number of para-hydroxylation sites is 2. The van der Waals surface area contributed by atoms with Crippen LogP contribution in [0.25, 0.3) is 11.1 Å². The van der Waals surface area contributed by atoms with Gasteiger partial charge in [0.25, 0.3) is 11.8 Å². The normalized spacial score (nSPS) is 13.5. The van der Waals surface area contributed by atoms with Gasteiger partial charge in [0, 0.05) is 0 Å². The van der Waals surface area contributed by atoms with Gasteiger partial charge in [0.05, 0.1) is 17.7 Å². The van der Waals surface area contributed by atoms with Gasteiger partial charge in [-0.15, -0.1) is 0 Å². The van der Waals surface area contributed by atoms with E-state index in [1.165, 1.54) is 13.1 Å². The second kappa shape index (κ2) is 13.2. The minimum Gasteiger partial charge on any atom is -0.457 e. The lowest BCUT2D eigenvalue weighted by atomic mass is 9.90. The maximum Gasteiger partial charge on any atom is 0.408 e. The van der Waals surface area contributed by atoms with Crippen molar-refractivity contribution in [2.45, 2.75) is 45.2 Å². The molecule has 1 N–H and O–H groups in total. The van der Waals surface area contributed by atoms with Crippen molar-refractivity contribution in [3.05, 3.63) is 131 Å². The number of aryl methyl sites for hydroxylation is 2. The van der Waals surface area contributed by atoms with E-state index in [1.54, 1.807) is 60.7 Å². The summed E-state index contributed by atoms with van der Waals surface area (Å²) >= 11 is 0. The largest absolute Gasteiger partial charge is 0.457 e. The van der Waals surface area contributed by atoms with Crippen molar-refractivity contribution in [1.29, 1.82) is 0 Å². The van der Waals surface area contributed by atoms with E-state index in [4.69, 9.17) is 4.74 Å². The molecule has 5 aromatic rings. The highest BCUT2D eigenvalue weighted by molar-refractivity contribution is 6.06. The molecule has 240 valence electrons.